The molecule has 3 heteroatoms. The highest BCUT2D eigenvalue weighted by molar-refractivity contribution is 7.80. The van der Waals surface area contributed by atoms with E-state index in [-0.39, 0.29) is 0 Å². The van der Waals surface area contributed by atoms with Gasteiger partial charge in [0, 0.05) is 27.9 Å². The number of rotatable bonds is 8. The lowest BCUT2D eigenvalue weighted by Gasteiger charge is -2.21. The molecule has 1 saturated carbocycles. The summed E-state index contributed by atoms with van der Waals surface area (Å²) in [5.41, 5.74) is 2.65. The molecule has 1 aliphatic rings. The first-order valence-corrected chi connectivity index (χ1v) is 11.7. The first-order valence-electron chi connectivity index (χ1n) is 10.4. The summed E-state index contributed by atoms with van der Waals surface area (Å²) in [6.07, 6.45) is 14.0. The molecule has 27 heavy (non-hydrogen) atoms. The van der Waals surface area contributed by atoms with Crippen molar-refractivity contribution in [1.82, 2.24) is 4.98 Å². The van der Waals surface area contributed by atoms with Gasteiger partial charge in [0.25, 0.3) is 0 Å². The smallest absolute Gasteiger partial charge is 0.0457 e. The minimum atomic E-state index is 0.439. The van der Waals surface area contributed by atoms with Crippen molar-refractivity contribution in [2.45, 2.75) is 63.7 Å². The van der Waals surface area contributed by atoms with Crippen molar-refractivity contribution in [3.63, 3.8) is 0 Å². The number of para-hydroxylation sites is 1. The van der Waals surface area contributed by atoms with Gasteiger partial charge >= 0.3 is 0 Å². The van der Waals surface area contributed by atoms with Crippen molar-refractivity contribution in [1.29, 1.82) is 0 Å². The molecular formula is C24H29NS2. The number of nitrogens with one attached hydrogen (secondary N) is 1. The fourth-order valence-corrected chi connectivity index (χ4v) is 5.71. The van der Waals surface area contributed by atoms with Crippen molar-refractivity contribution < 1.29 is 0 Å². The van der Waals surface area contributed by atoms with Gasteiger partial charge in [-0.1, -0.05) is 68.6 Å². The Morgan fingerprint density at radius 1 is 1.07 bits per heavy atom. The van der Waals surface area contributed by atoms with E-state index in [4.69, 9.17) is 12.2 Å². The number of hydrogen-bond acceptors (Lipinski definition) is 2. The molecule has 0 spiro atoms. The first kappa shape index (κ1) is 18.9. The van der Waals surface area contributed by atoms with Crippen LogP contribution in [0.15, 0.2) is 48.0 Å². The van der Waals surface area contributed by atoms with Gasteiger partial charge in [-0.25, -0.2) is 0 Å². The highest BCUT2D eigenvalue weighted by atomic mass is 32.1. The molecule has 1 unspecified atom stereocenters. The number of aromatic amines is 1. The Bertz CT molecular complexity index is 856. The van der Waals surface area contributed by atoms with Crippen LogP contribution < -0.4 is 0 Å². The van der Waals surface area contributed by atoms with Crippen LogP contribution >= 0.6 is 23.6 Å². The lowest BCUT2D eigenvalue weighted by atomic mass is 9.85. The molecule has 0 aliphatic heterocycles. The van der Waals surface area contributed by atoms with Crippen LogP contribution in [0.25, 0.3) is 10.9 Å². The van der Waals surface area contributed by atoms with Crippen LogP contribution in [0.1, 0.15) is 74.1 Å². The number of hydrogen-bond donors (Lipinski definition) is 1. The van der Waals surface area contributed by atoms with Gasteiger partial charge in [0.1, 0.15) is 0 Å². The fraction of sp³-hybridized carbons (Fsp3) is 0.458. The predicted molar refractivity (Wildman–Crippen MR) is 122 cm³/mol. The second-order valence-electron chi connectivity index (χ2n) is 7.98. The van der Waals surface area contributed by atoms with Gasteiger partial charge in [-0.2, -0.15) is 0 Å². The normalized spacial score (nSPS) is 16.6. The molecule has 0 saturated heterocycles. The summed E-state index contributed by atoms with van der Waals surface area (Å²) in [6.45, 7) is 0. The maximum atomic E-state index is 5.79. The molecular weight excluding hydrogens is 366 g/mol. The highest BCUT2D eigenvalue weighted by Crippen LogP contribution is 2.37. The molecule has 2 heterocycles. The Kier molecular flexibility index (Phi) is 6.41. The maximum Gasteiger partial charge on any atom is 0.0457 e. The summed E-state index contributed by atoms with van der Waals surface area (Å²) >= 11 is 7.66. The molecule has 1 fully saturated rings. The van der Waals surface area contributed by atoms with Crippen molar-refractivity contribution in [2.24, 2.45) is 5.92 Å². The van der Waals surface area contributed by atoms with Crippen molar-refractivity contribution >= 4 is 39.3 Å². The minimum Gasteiger partial charge on any atom is -0.361 e. The summed E-state index contributed by atoms with van der Waals surface area (Å²) in [5.74, 6) is 1.37. The van der Waals surface area contributed by atoms with E-state index in [9.17, 15) is 0 Å². The van der Waals surface area contributed by atoms with E-state index in [0.717, 1.165) is 25.2 Å². The van der Waals surface area contributed by atoms with Gasteiger partial charge in [-0.05, 0) is 59.5 Å². The summed E-state index contributed by atoms with van der Waals surface area (Å²) in [4.78, 5) is 6.19. The largest absolute Gasteiger partial charge is 0.361 e. The fourth-order valence-electron chi connectivity index (χ4n) is 4.59. The average Bonchev–Trinajstić information content (AvgIpc) is 3.38. The molecule has 1 aromatic carbocycles. The van der Waals surface area contributed by atoms with Crippen LogP contribution in [0.2, 0.25) is 0 Å². The molecule has 3 aromatic rings. The van der Waals surface area contributed by atoms with Crippen LogP contribution in [-0.2, 0) is 0 Å². The van der Waals surface area contributed by atoms with Crippen molar-refractivity contribution in [3.8, 4) is 0 Å². The van der Waals surface area contributed by atoms with Crippen LogP contribution in [-0.4, -0.2) is 9.85 Å². The van der Waals surface area contributed by atoms with Gasteiger partial charge in [-0.15, -0.1) is 11.3 Å². The Hall–Kier alpha value is -1.45. The van der Waals surface area contributed by atoms with E-state index in [1.807, 2.05) is 11.3 Å². The third-order valence-corrected chi connectivity index (χ3v) is 7.55. The van der Waals surface area contributed by atoms with Crippen molar-refractivity contribution in [2.75, 3.05) is 0 Å². The van der Waals surface area contributed by atoms with Gasteiger partial charge in [0.15, 0.2) is 0 Å². The summed E-state index contributed by atoms with van der Waals surface area (Å²) in [5, 5.41) is 3.54. The van der Waals surface area contributed by atoms with Gasteiger partial charge < -0.3 is 4.98 Å². The van der Waals surface area contributed by atoms with E-state index < -0.39 is 0 Å². The maximum absolute atomic E-state index is 5.79. The molecule has 142 valence electrons. The number of thiocarbonyl (C=S) groups is 1. The van der Waals surface area contributed by atoms with E-state index in [2.05, 4.69) is 53.0 Å². The molecule has 0 radical (unpaired) electrons. The molecule has 2 aromatic heterocycles. The van der Waals surface area contributed by atoms with Gasteiger partial charge in [0.2, 0.25) is 0 Å². The number of aromatic nitrogens is 1. The Labute approximate surface area is 172 Å². The third-order valence-electron chi connectivity index (χ3n) is 6.15. The molecule has 1 aliphatic carbocycles. The van der Waals surface area contributed by atoms with Crippen LogP contribution in [0, 0.1) is 5.92 Å². The van der Waals surface area contributed by atoms with Gasteiger partial charge in [-0.3, -0.25) is 0 Å². The number of thiophene rings is 1. The van der Waals surface area contributed by atoms with E-state index in [0.29, 0.717) is 5.92 Å². The molecule has 1 atom stereocenters. The molecule has 1 N–H and O–H groups in total. The average molecular weight is 396 g/mol. The van der Waals surface area contributed by atoms with E-state index in [1.165, 1.54) is 64.7 Å². The zero-order valence-corrected chi connectivity index (χ0v) is 17.6. The van der Waals surface area contributed by atoms with E-state index >= 15 is 0 Å². The van der Waals surface area contributed by atoms with E-state index in [1.54, 1.807) is 0 Å². The second-order valence-corrected chi connectivity index (χ2v) is 9.53. The molecule has 4 rings (SSSR count). The zero-order chi connectivity index (χ0) is 18.5. The SMILES string of the molecule is S=C(CCC1CCCCC1)CCC(c1cccs1)c1c[nH]c2ccccc12. The molecule has 1 nitrogen and oxygen atoms in total. The standard InChI is InChI=1S/C24H29NS2/c26-19(13-12-18-7-2-1-3-8-18)14-15-21(24-11-6-16-27-24)22-17-25-23-10-5-4-9-20(22)23/h4-6,9-11,16-18,21,25H,1-3,7-8,12-15H2. The second kappa shape index (κ2) is 9.16. The Morgan fingerprint density at radius 2 is 1.93 bits per heavy atom. The van der Waals surface area contributed by atoms with Crippen LogP contribution in [0.3, 0.4) is 0 Å². The third kappa shape index (κ3) is 4.70. The topological polar surface area (TPSA) is 15.8 Å². The molecule has 0 bridgehead atoms. The zero-order valence-electron chi connectivity index (χ0n) is 16.0. The Morgan fingerprint density at radius 3 is 2.74 bits per heavy atom. The first-order chi connectivity index (χ1) is 13.3. The van der Waals surface area contributed by atoms with Gasteiger partial charge in [0.05, 0.1) is 0 Å². The molecule has 0 amide bonds. The summed E-state index contributed by atoms with van der Waals surface area (Å²) in [6, 6.07) is 13.1. The summed E-state index contributed by atoms with van der Waals surface area (Å²) in [7, 11) is 0. The monoisotopic (exact) mass is 395 g/mol. The number of fused-ring (bicyclic) bond motifs is 1. The lowest BCUT2D eigenvalue weighted by molar-refractivity contribution is 0.343. The van der Waals surface area contributed by atoms with Crippen molar-refractivity contribution in [3.05, 3.63) is 58.4 Å². The number of benzene rings is 1. The van der Waals surface area contributed by atoms with Crippen LogP contribution in [0.4, 0.5) is 0 Å². The quantitative estimate of drug-likeness (QED) is 0.384. The Balaban J connectivity index is 1.42. The number of H-pyrrole nitrogens is 1. The lowest BCUT2D eigenvalue weighted by Crippen LogP contribution is -2.09. The van der Waals surface area contributed by atoms with Crippen LogP contribution in [0.5, 0.6) is 0 Å². The highest BCUT2D eigenvalue weighted by Gasteiger charge is 2.20. The predicted octanol–water partition coefficient (Wildman–Crippen LogP) is 7.87. The summed E-state index contributed by atoms with van der Waals surface area (Å²) < 4.78 is 0. The minimum absolute atomic E-state index is 0.439.